The number of hydrogen-bond donors (Lipinski definition) is 0. The molecule has 0 saturated heterocycles. The van der Waals surface area contributed by atoms with Gasteiger partial charge < -0.3 is 14.4 Å². The summed E-state index contributed by atoms with van der Waals surface area (Å²) < 4.78 is 11.7. The van der Waals surface area contributed by atoms with Crippen LogP contribution in [0.5, 0.6) is 11.5 Å². The van der Waals surface area contributed by atoms with Crippen molar-refractivity contribution in [2.24, 2.45) is 5.92 Å². The molecule has 1 amide bonds. The average Bonchev–Trinajstić information content (AvgIpc) is 2.58. The average molecular weight is 394 g/mol. The van der Waals surface area contributed by atoms with E-state index in [4.69, 9.17) is 20.0 Å². The molecule has 0 heterocycles. The molecule has 1 unspecified atom stereocenters. The van der Waals surface area contributed by atoms with Crippen molar-refractivity contribution in [3.63, 3.8) is 0 Å². The van der Waals surface area contributed by atoms with E-state index in [-0.39, 0.29) is 18.4 Å². The molecular formula is C17H20BrN3O3. The minimum atomic E-state index is -0.241. The van der Waals surface area contributed by atoms with E-state index in [1.54, 1.807) is 24.0 Å². The third-order valence-corrected chi connectivity index (χ3v) is 3.82. The van der Waals surface area contributed by atoms with Crippen LogP contribution in [-0.2, 0) is 4.79 Å². The second-order valence-electron chi connectivity index (χ2n) is 5.08. The second-order valence-corrected chi connectivity index (χ2v) is 5.94. The van der Waals surface area contributed by atoms with Crippen LogP contribution < -0.4 is 9.47 Å². The predicted molar refractivity (Wildman–Crippen MR) is 92.6 cm³/mol. The molecule has 7 heteroatoms. The van der Waals surface area contributed by atoms with Crippen LogP contribution in [-0.4, -0.2) is 37.1 Å². The van der Waals surface area contributed by atoms with Crippen molar-refractivity contribution < 1.29 is 14.3 Å². The van der Waals surface area contributed by atoms with Crippen molar-refractivity contribution in [3.8, 4) is 23.6 Å². The highest BCUT2D eigenvalue weighted by atomic mass is 79.9. The monoisotopic (exact) mass is 393 g/mol. The summed E-state index contributed by atoms with van der Waals surface area (Å²) in [7, 11) is 0. The highest BCUT2D eigenvalue weighted by Crippen LogP contribution is 2.36. The third kappa shape index (κ3) is 5.43. The Hall–Kier alpha value is -2.25. The first-order valence-corrected chi connectivity index (χ1v) is 8.42. The van der Waals surface area contributed by atoms with Gasteiger partial charge in [0.05, 0.1) is 34.7 Å². The molecule has 1 rings (SSSR count). The molecule has 0 radical (unpaired) electrons. The number of nitrogens with zero attached hydrogens (tertiary/aromatic N) is 3. The molecule has 0 N–H and O–H groups in total. The van der Waals surface area contributed by atoms with E-state index in [9.17, 15) is 4.79 Å². The van der Waals surface area contributed by atoms with Gasteiger partial charge in [-0.25, -0.2) is 0 Å². The van der Waals surface area contributed by atoms with E-state index in [2.05, 4.69) is 22.0 Å². The van der Waals surface area contributed by atoms with E-state index in [0.717, 1.165) is 0 Å². The second kappa shape index (κ2) is 9.79. The Morgan fingerprint density at radius 1 is 1.33 bits per heavy atom. The summed E-state index contributed by atoms with van der Waals surface area (Å²) in [6.45, 7) is 6.54. The van der Waals surface area contributed by atoms with Crippen LogP contribution >= 0.6 is 15.9 Å². The SMILES string of the molecule is CCOc1cc(C#N)cc(Br)c1OCC(=O)N(CC)CC(C)C#N. The molecular weight excluding hydrogens is 374 g/mol. The number of rotatable bonds is 8. The van der Waals surface area contributed by atoms with E-state index in [1.807, 2.05) is 19.9 Å². The number of benzene rings is 1. The molecule has 24 heavy (non-hydrogen) atoms. The van der Waals surface area contributed by atoms with Gasteiger partial charge in [0.25, 0.3) is 5.91 Å². The Kier molecular flexibility index (Phi) is 8.08. The Morgan fingerprint density at radius 2 is 2.04 bits per heavy atom. The summed E-state index contributed by atoms with van der Waals surface area (Å²) >= 11 is 3.34. The first-order valence-electron chi connectivity index (χ1n) is 7.63. The first-order chi connectivity index (χ1) is 11.5. The molecule has 0 bridgehead atoms. The molecule has 0 aliphatic heterocycles. The molecule has 0 fully saturated rings. The molecule has 0 aliphatic rings. The van der Waals surface area contributed by atoms with Crippen LogP contribution in [0.1, 0.15) is 26.3 Å². The molecule has 0 spiro atoms. The van der Waals surface area contributed by atoms with Gasteiger partial charge in [0, 0.05) is 19.2 Å². The Morgan fingerprint density at radius 3 is 2.58 bits per heavy atom. The maximum Gasteiger partial charge on any atom is 0.260 e. The van der Waals surface area contributed by atoms with Crippen molar-refractivity contribution in [1.29, 1.82) is 10.5 Å². The number of hydrogen-bond acceptors (Lipinski definition) is 5. The normalized spacial score (nSPS) is 11.1. The molecule has 1 aromatic rings. The number of amides is 1. The molecule has 0 aliphatic carbocycles. The topological polar surface area (TPSA) is 86.3 Å². The minimum absolute atomic E-state index is 0.170. The zero-order valence-corrected chi connectivity index (χ0v) is 15.6. The third-order valence-electron chi connectivity index (χ3n) is 3.23. The fraction of sp³-hybridized carbons (Fsp3) is 0.471. The lowest BCUT2D eigenvalue weighted by molar-refractivity contribution is -0.133. The number of carbonyl (C=O) groups excluding carboxylic acids is 1. The van der Waals surface area contributed by atoms with E-state index in [0.29, 0.717) is 41.2 Å². The summed E-state index contributed by atoms with van der Waals surface area (Å²) in [5.74, 6) is 0.339. The van der Waals surface area contributed by atoms with Crippen LogP contribution in [0, 0.1) is 28.6 Å². The molecule has 128 valence electrons. The van der Waals surface area contributed by atoms with E-state index >= 15 is 0 Å². The van der Waals surface area contributed by atoms with Crippen molar-refractivity contribution in [1.82, 2.24) is 4.90 Å². The van der Waals surface area contributed by atoms with Gasteiger partial charge in [0.2, 0.25) is 0 Å². The van der Waals surface area contributed by atoms with Gasteiger partial charge in [-0.3, -0.25) is 4.79 Å². The van der Waals surface area contributed by atoms with Gasteiger partial charge in [-0.15, -0.1) is 0 Å². The molecule has 0 aromatic heterocycles. The smallest absolute Gasteiger partial charge is 0.260 e. The van der Waals surface area contributed by atoms with Gasteiger partial charge in [0.1, 0.15) is 0 Å². The zero-order valence-electron chi connectivity index (χ0n) is 14.0. The number of nitriles is 2. The highest BCUT2D eigenvalue weighted by Gasteiger charge is 2.18. The summed E-state index contributed by atoms with van der Waals surface area (Å²) in [5.41, 5.74) is 0.432. The van der Waals surface area contributed by atoms with Gasteiger partial charge in [-0.2, -0.15) is 10.5 Å². The largest absolute Gasteiger partial charge is 0.490 e. The summed E-state index contributed by atoms with van der Waals surface area (Å²) in [6.07, 6.45) is 0. The zero-order chi connectivity index (χ0) is 18.1. The van der Waals surface area contributed by atoms with E-state index < -0.39 is 0 Å². The fourth-order valence-corrected chi connectivity index (χ4v) is 2.60. The van der Waals surface area contributed by atoms with Crippen LogP contribution in [0.3, 0.4) is 0 Å². The van der Waals surface area contributed by atoms with Crippen LogP contribution in [0.15, 0.2) is 16.6 Å². The van der Waals surface area contributed by atoms with Gasteiger partial charge in [-0.1, -0.05) is 0 Å². The molecule has 1 aromatic carbocycles. The lowest BCUT2D eigenvalue weighted by atomic mass is 10.2. The summed E-state index contributed by atoms with van der Waals surface area (Å²) in [5, 5.41) is 17.9. The predicted octanol–water partition coefficient (Wildman–Crippen LogP) is 3.11. The number of ether oxygens (including phenoxy) is 2. The van der Waals surface area contributed by atoms with Crippen LogP contribution in [0.4, 0.5) is 0 Å². The quantitative estimate of drug-likeness (QED) is 0.676. The van der Waals surface area contributed by atoms with Gasteiger partial charge in [-0.05, 0) is 42.8 Å². The Bertz CT molecular complexity index is 664. The van der Waals surface area contributed by atoms with Crippen molar-refractivity contribution in [3.05, 3.63) is 22.2 Å². The summed E-state index contributed by atoms with van der Waals surface area (Å²) in [6, 6.07) is 7.34. The molecule has 6 nitrogen and oxygen atoms in total. The lowest BCUT2D eigenvalue weighted by Gasteiger charge is -2.22. The lowest BCUT2D eigenvalue weighted by Crippen LogP contribution is -2.37. The van der Waals surface area contributed by atoms with E-state index in [1.165, 1.54) is 0 Å². The van der Waals surface area contributed by atoms with Crippen molar-refractivity contribution in [2.75, 3.05) is 26.3 Å². The van der Waals surface area contributed by atoms with Crippen molar-refractivity contribution >= 4 is 21.8 Å². The van der Waals surface area contributed by atoms with Gasteiger partial charge >= 0.3 is 0 Å². The first kappa shape index (κ1) is 19.8. The van der Waals surface area contributed by atoms with Crippen LogP contribution in [0.25, 0.3) is 0 Å². The van der Waals surface area contributed by atoms with Gasteiger partial charge in [0.15, 0.2) is 18.1 Å². The number of halogens is 1. The standard InChI is InChI=1S/C17H20BrN3O3/c1-4-21(10-12(3)8-19)16(22)11-24-17-14(18)6-13(9-20)7-15(17)23-5-2/h6-7,12H,4-5,10-11H2,1-3H3. The summed E-state index contributed by atoms with van der Waals surface area (Å²) in [4.78, 5) is 13.9. The number of carbonyl (C=O) groups is 1. The molecule has 0 saturated carbocycles. The maximum absolute atomic E-state index is 12.3. The fourth-order valence-electron chi connectivity index (χ4n) is 2.04. The van der Waals surface area contributed by atoms with Crippen molar-refractivity contribution in [2.45, 2.75) is 20.8 Å². The van der Waals surface area contributed by atoms with Crippen LogP contribution in [0.2, 0.25) is 0 Å². The number of likely N-dealkylation sites (N-methyl/N-ethyl adjacent to an activating group) is 1. The minimum Gasteiger partial charge on any atom is -0.490 e. The highest BCUT2D eigenvalue weighted by molar-refractivity contribution is 9.10. The molecule has 1 atom stereocenters. The Balaban J connectivity index is 2.88. The Labute approximate surface area is 150 Å². The maximum atomic E-state index is 12.3.